The number of hydrogen-bond acceptors (Lipinski definition) is 3. The average Bonchev–Trinajstić information content (AvgIpc) is 2.66. The minimum Gasteiger partial charge on any atom is -0.425 e. The highest BCUT2D eigenvalue weighted by molar-refractivity contribution is 6.20. The standard InChI is InChI=1S/C15H12O3/c1-9-7-8-15(10(9)2)13(16)11-5-3-4-6-12(11)18-14(15)17/h3-7H,2,8H2,1H3. The van der Waals surface area contributed by atoms with E-state index in [1.54, 1.807) is 24.3 Å². The number of ketones is 1. The Morgan fingerprint density at radius 1 is 1.28 bits per heavy atom. The molecule has 90 valence electrons. The van der Waals surface area contributed by atoms with Gasteiger partial charge in [-0.3, -0.25) is 9.59 Å². The molecule has 1 atom stereocenters. The monoisotopic (exact) mass is 240 g/mol. The summed E-state index contributed by atoms with van der Waals surface area (Å²) < 4.78 is 5.30. The van der Waals surface area contributed by atoms with E-state index in [0.29, 0.717) is 23.3 Å². The van der Waals surface area contributed by atoms with Gasteiger partial charge in [-0.05, 0) is 31.1 Å². The van der Waals surface area contributed by atoms with Crippen LogP contribution in [0, 0.1) is 5.41 Å². The predicted octanol–water partition coefficient (Wildman–Crippen LogP) is 2.68. The quantitative estimate of drug-likeness (QED) is 0.398. The van der Waals surface area contributed by atoms with Crippen molar-refractivity contribution in [2.45, 2.75) is 13.3 Å². The summed E-state index contributed by atoms with van der Waals surface area (Å²) in [4.78, 5) is 24.8. The Labute approximate surface area is 105 Å². The number of carbonyl (C=O) groups excluding carboxylic acids is 2. The molecule has 1 aliphatic heterocycles. The molecule has 0 N–H and O–H groups in total. The summed E-state index contributed by atoms with van der Waals surface area (Å²) in [5.74, 6) is -0.368. The number of esters is 1. The fourth-order valence-electron chi connectivity index (χ4n) is 2.58. The molecule has 0 radical (unpaired) electrons. The van der Waals surface area contributed by atoms with Crippen LogP contribution in [0.25, 0.3) is 0 Å². The topological polar surface area (TPSA) is 43.4 Å². The van der Waals surface area contributed by atoms with Crippen LogP contribution in [0.2, 0.25) is 0 Å². The van der Waals surface area contributed by atoms with Crippen LogP contribution in [-0.2, 0) is 4.79 Å². The highest BCUT2D eigenvalue weighted by Crippen LogP contribution is 2.48. The summed E-state index contributed by atoms with van der Waals surface area (Å²) in [5, 5.41) is 0. The number of ether oxygens (including phenoxy) is 1. The van der Waals surface area contributed by atoms with Crippen LogP contribution in [-0.4, -0.2) is 11.8 Å². The van der Waals surface area contributed by atoms with Crippen molar-refractivity contribution in [2.24, 2.45) is 5.41 Å². The molecule has 1 spiro atoms. The van der Waals surface area contributed by atoms with Crippen molar-refractivity contribution in [3.63, 3.8) is 0 Å². The number of allylic oxidation sites excluding steroid dienone is 2. The third-order valence-electron chi connectivity index (χ3n) is 3.78. The van der Waals surface area contributed by atoms with Gasteiger partial charge in [-0.25, -0.2) is 0 Å². The van der Waals surface area contributed by atoms with E-state index in [0.717, 1.165) is 5.57 Å². The maximum atomic E-state index is 12.6. The van der Waals surface area contributed by atoms with Crippen molar-refractivity contribution in [3.8, 4) is 5.75 Å². The Balaban J connectivity index is 2.19. The van der Waals surface area contributed by atoms with Gasteiger partial charge in [-0.2, -0.15) is 0 Å². The zero-order valence-corrected chi connectivity index (χ0v) is 10.0. The average molecular weight is 240 g/mol. The van der Waals surface area contributed by atoms with Gasteiger partial charge < -0.3 is 4.74 Å². The molecule has 1 aliphatic carbocycles. The van der Waals surface area contributed by atoms with Gasteiger partial charge >= 0.3 is 5.97 Å². The van der Waals surface area contributed by atoms with Crippen LogP contribution in [0.4, 0.5) is 0 Å². The molecule has 0 amide bonds. The lowest BCUT2D eigenvalue weighted by molar-refractivity contribution is -0.141. The van der Waals surface area contributed by atoms with Crippen molar-refractivity contribution in [2.75, 3.05) is 0 Å². The van der Waals surface area contributed by atoms with Gasteiger partial charge in [0.05, 0.1) is 5.56 Å². The third-order valence-corrected chi connectivity index (χ3v) is 3.78. The van der Waals surface area contributed by atoms with Gasteiger partial charge in [-0.15, -0.1) is 0 Å². The summed E-state index contributed by atoms with van der Waals surface area (Å²) in [6.07, 6.45) is 2.22. The number of benzene rings is 1. The fraction of sp³-hybridized carbons (Fsp3) is 0.200. The second kappa shape index (κ2) is 3.42. The van der Waals surface area contributed by atoms with E-state index in [2.05, 4.69) is 6.58 Å². The largest absolute Gasteiger partial charge is 0.425 e. The maximum Gasteiger partial charge on any atom is 0.330 e. The normalized spacial score (nSPS) is 26.1. The number of rotatable bonds is 0. The van der Waals surface area contributed by atoms with Crippen molar-refractivity contribution in [1.82, 2.24) is 0 Å². The third kappa shape index (κ3) is 1.13. The first kappa shape index (κ1) is 11.0. The second-order valence-electron chi connectivity index (χ2n) is 4.69. The minimum absolute atomic E-state index is 0.201. The van der Waals surface area contributed by atoms with Crippen LogP contribution < -0.4 is 4.74 Å². The molecule has 3 nitrogen and oxygen atoms in total. The molecule has 0 saturated heterocycles. The Hall–Kier alpha value is -2.16. The molecule has 1 aromatic rings. The Morgan fingerprint density at radius 2 is 2.00 bits per heavy atom. The van der Waals surface area contributed by atoms with E-state index >= 15 is 0 Å². The van der Waals surface area contributed by atoms with Crippen molar-refractivity contribution >= 4 is 11.8 Å². The zero-order chi connectivity index (χ0) is 12.9. The van der Waals surface area contributed by atoms with Crippen molar-refractivity contribution < 1.29 is 14.3 Å². The Morgan fingerprint density at radius 3 is 2.67 bits per heavy atom. The lowest BCUT2D eigenvalue weighted by Gasteiger charge is -2.32. The first-order valence-electron chi connectivity index (χ1n) is 5.80. The zero-order valence-electron chi connectivity index (χ0n) is 10.0. The highest BCUT2D eigenvalue weighted by Gasteiger charge is 2.55. The summed E-state index contributed by atoms with van der Waals surface area (Å²) in [5.41, 5.74) is 0.686. The number of hydrogen-bond donors (Lipinski definition) is 0. The molecule has 1 unspecified atom stereocenters. The van der Waals surface area contributed by atoms with Gasteiger partial charge in [-0.1, -0.05) is 30.4 Å². The molecule has 0 saturated carbocycles. The molecule has 0 aromatic heterocycles. The summed E-state index contributed by atoms with van der Waals surface area (Å²) in [7, 11) is 0. The molecule has 1 aromatic carbocycles. The van der Waals surface area contributed by atoms with Gasteiger partial charge in [0, 0.05) is 0 Å². The van der Waals surface area contributed by atoms with Crippen LogP contribution in [0.1, 0.15) is 23.7 Å². The second-order valence-corrected chi connectivity index (χ2v) is 4.69. The maximum absolute atomic E-state index is 12.6. The van der Waals surface area contributed by atoms with E-state index in [1.807, 2.05) is 13.0 Å². The van der Waals surface area contributed by atoms with Crippen molar-refractivity contribution in [3.05, 3.63) is 53.6 Å². The molecule has 0 bridgehead atoms. The lowest BCUT2D eigenvalue weighted by atomic mass is 9.73. The molecule has 2 aliphatic rings. The van der Waals surface area contributed by atoms with Crippen LogP contribution in [0.5, 0.6) is 5.75 Å². The molecular weight excluding hydrogens is 228 g/mol. The van der Waals surface area contributed by atoms with E-state index in [4.69, 9.17) is 4.74 Å². The molecule has 3 rings (SSSR count). The van der Waals surface area contributed by atoms with Crippen LogP contribution >= 0.6 is 0 Å². The summed E-state index contributed by atoms with van der Waals surface area (Å²) in [6, 6.07) is 6.83. The molecule has 18 heavy (non-hydrogen) atoms. The van der Waals surface area contributed by atoms with E-state index in [-0.39, 0.29) is 5.78 Å². The Bertz CT molecular complexity index is 624. The molecule has 1 heterocycles. The van der Waals surface area contributed by atoms with Crippen LogP contribution in [0.3, 0.4) is 0 Å². The molecular formula is C15H12O3. The number of Topliss-reactive ketones (excluding diaryl/α,β-unsaturated/α-hetero) is 1. The fourth-order valence-corrected chi connectivity index (χ4v) is 2.58. The van der Waals surface area contributed by atoms with E-state index < -0.39 is 11.4 Å². The summed E-state index contributed by atoms with van der Waals surface area (Å²) >= 11 is 0. The predicted molar refractivity (Wildman–Crippen MR) is 66.4 cm³/mol. The van der Waals surface area contributed by atoms with Gasteiger partial charge in [0.1, 0.15) is 5.75 Å². The van der Waals surface area contributed by atoms with Gasteiger partial charge in [0.25, 0.3) is 0 Å². The number of para-hydroxylation sites is 1. The number of carbonyl (C=O) groups is 2. The van der Waals surface area contributed by atoms with Gasteiger partial charge in [0.2, 0.25) is 0 Å². The van der Waals surface area contributed by atoms with Crippen molar-refractivity contribution in [1.29, 1.82) is 0 Å². The molecule has 3 heteroatoms. The van der Waals surface area contributed by atoms with E-state index in [1.165, 1.54) is 0 Å². The van der Waals surface area contributed by atoms with E-state index in [9.17, 15) is 9.59 Å². The minimum atomic E-state index is -1.22. The first-order chi connectivity index (χ1) is 8.57. The molecule has 0 fully saturated rings. The summed E-state index contributed by atoms with van der Waals surface area (Å²) in [6.45, 7) is 5.76. The first-order valence-corrected chi connectivity index (χ1v) is 5.80. The SMILES string of the molecule is C=C1C(C)=CCC12C(=O)Oc1ccccc1C2=O. The lowest BCUT2D eigenvalue weighted by Crippen LogP contribution is -2.45. The van der Waals surface area contributed by atoms with Crippen LogP contribution in [0.15, 0.2) is 48.1 Å². The number of fused-ring (bicyclic) bond motifs is 1. The Kier molecular flexibility index (Phi) is 2.08. The highest BCUT2D eigenvalue weighted by atomic mass is 16.5. The van der Waals surface area contributed by atoms with Gasteiger partial charge in [0.15, 0.2) is 11.2 Å². The smallest absolute Gasteiger partial charge is 0.330 e.